The number of rotatable bonds is 3. The van der Waals surface area contributed by atoms with Crippen molar-refractivity contribution in [3.05, 3.63) is 34.3 Å². The largest absolute Gasteiger partial charge is 0.477 e. The van der Waals surface area contributed by atoms with Gasteiger partial charge in [0.15, 0.2) is 0 Å². The lowest BCUT2D eigenvalue weighted by Gasteiger charge is -2.11. The number of aromatic nitrogens is 2. The molecular formula is C13H15N3OS. The van der Waals surface area contributed by atoms with Crippen molar-refractivity contribution in [1.29, 1.82) is 0 Å². The molecule has 0 fully saturated rings. The fourth-order valence-corrected chi connectivity index (χ4v) is 2.70. The summed E-state index contributed by atoms with van der Waals surface area (Å²) in [4.78, 5) is 9.85. The van der Waals surface area contributed by atoms with E-state index in [0.717, 1.165) is 49.7 Å². The van der Waals surface area contributed by atoms with Crippen LogP contribution in [0.3, 0.4) is 0 Å². The molecule has 0 atom stereocenters. The quantitative estimate of drug-likeness (QED) is 0.923. The highest BCUT2D eigenvalue weighted by molar-refractivity contribution is 7.09. The number of nitrogens with one attached hydrogen (secondary N) is 1. The minimum Gasteiger partial charge on any atom is -0.477 e. The van der Waals surface area contributed by atoms with Crippen molar-refractivity contribution in [2.45, 2.75) is 25.8 Å². The summed E-state index contributed by atoms with van der Waals surface area (Å²) < 4.78 is 5.64. The van der Waals surface area contributed by atoms with Crippen LogP contribution in [-0.4, -0.2) is 16.6 Å². The smallest absolute Gasteiger partial charge is 0.221 e. The molecule has 0 radical (unpaired) electrons. The molecular weight excluding hydrogens is 246 g/mol. The number of anilines is 1. The number of nitrogens with zero attached hydrogens (tertiary/aromatic N) is 2. The van der Waals surface area contributed by atoms with E-state index < -0.39 is 0 Å². The number of fused-ring (bicyclic) bond motifs is 1. The van der Waals surface area contributed by atoms with Crippen molar-refractivity contribution in [2.75, 3.05) is 11.9 Å². The Bertz CT molecular complexity index is 513. The Morgan fingerprint density at radius 1 is 1.33 bits per heavy atom. The molecule has 3 heterocycles. The molecule has 18 heavy (non-hydrogen) atoms. The van der Waals surface area contributed by atoms with Crippen LogP contribution in [0, 0.1) is 0 Å². The summed E-state index contributed by atoms with van der Waals surface area (Å²) in [5.74, 6) is 1.66. The lowest BCUT2D eigenvalue weighted by Crippen LogP contribution is -2.06. The molecule has 0 unspecified atom stereocenters. The van der Waals surface area contributed by atoms with Crippen molar-refractivity contribution in [3.8, 4) is 5.88 Å². The predicted molar refractivity (Wildman–Crippen MR) is 72.1 cm³/mol. The Kier molecular flexibility index (Phi) is 3.41. The summed E-state index contributed by atoms with van der Waals surface area (Å²) in [5.41, 5.74) is 1.12. The van der Waals surface area contributed by atoms with Gasteiger partial charge in [-0.15, -0.1) is 11.3 Å². The summed E-state index contributed by atoms with van der Waals surface area (Å²) >= 11 is 1.75. The van der Waals surface area contributed by atoms with Gasteiger partial charge in [0.05, 0.1) is 18.7 Å². The van der Waals surface area contributed by atoms with Gasteiger partial charge in [0, 0.05) is 4.88 Å². The van der Waals surface area contributed by atoms with Gasteiger partial charge in [-0.05, 0) is 30.7 Å². The molecule has 3 rings (SSSR count). The van der Waals surface area contributed by atoms with E-state index in [1.807, 2.05) is 0 Å². The fourth-order valence-electron chi connectivity index (χ4n) is 2.05. The fraction of sp³-hybridized carbons (Fsp3) is 0.385. The SMILES string of the molecule is c1csc(CNc2ncnc3c2CCCCO3)c1. The van der Waals surface area contributed by atoms with Crippen molar-refractivity contribution < 1.29 is 4.74 Å². The van der Waals surface area contributed by atoms with E-state index >= 15 is 0 Å². The van der Waals surface area contributed by atoms with Crippen LogP contribution < -0.4 is 10.1 Å². The first kappa shape index (κ1) is 11.5. The number of hydrogen-bond donors (Lipinski definition) is 1. The van der Waals surface area contributed by atoms with Crippen LogP contribution in [0.2, 0.25) is 0 Å². The standard InChI is InChI=1S/C13H15N3OS/c1-2-6-17-13-11(5-1)12(15-9-16-13)14-8-10-4-3-7-18-10/h3-4,7,9H,1-2,5-6,8H2,(H,14,15,16). The lowest BCUT2D eigenvalue weighted by molar-refractivity contribution is 0.305. The van der Waals surface area contributed by atoms with Crippen LogP contribution in [0.25, 0.3) is 0 Å². The highest BCUT2D eigenvalue weighted by Crippen LogP contribution is 2.27. The topological polar surface area (TPSA) is 47.0 Å². The van der Waals surface area contributed by atoms with Crippen molar-refractivity contribution >= 4 is 17.2 Å². The second kappa shape index (κ2) is 5.35. The Morgan fingerprint density at radius 2 is 2.33 bits per heavy atom. The number of thiophene rings is 1. The molecule has 0 aliphatic carbocycles. The first-order chi connectivity index (χ1) is 8.93. The maximum absolute atomic E-state index is 5.64. The van der Waals surface area contributed by atoms with Crippen molar-refractivity contribution in [3.63, 3.8) is 0 Å². The highest BCUT2D eigenvalue weighted by atomic mass is 32.1. The molecule has 0 saturated carbocycles. The van der Waals surface area contributed by atoms with Crippen molar-refractivity contribution in [2.24, 2.45) is 0 Å². The number of ether oxygens (including phenoxy) is 1. The summed E-state index contributed by atoms with van der Waals surface area (Å²) in [6.07, 6.45) is 4.78. The van der Waals surface area contributed by atoms with E-state index in [1.54, 1.807) is 17.7 Å². The lowest BCUT2D eigenvalue weighted by atomic mass is 10.1. The minimum absolute atomic E-state index is 0.746. The zero-order chi connectivity index (χ0) is 12.2. The molecule has 2 aromatic heterocycles. The van der Waals surface area contributed by atoms with E-state index in [-0.39, 0.29) is 0 Å². The van der Waals surface area contributed by atoms with Gasteiger partial charge in [-0.2, -0.15) is 0 Å². The van der Waals surface area contributed by atoms with Gasteiger partial charge in [0.25, 0.3) is 0 Å². The van der Waals surface area contributed by atoms with Gasteiger partial charge in [0.1, 0.15) is 12.1 Å². The summed E-state index contributed by atoms with van der Waals surface area (Å²) in [6, 6.07) is 4.18. The Labute approximate surface area is 110 Å². The Balaban J connectivity index is 1.79. The second-order valence-corrected chi connectivity index (χ2v) is 5.28. The first-order valence-corrected chi connectivity index (χ1v) is 7.04. The van der Waals surface area contributed by atoms with Crippen LogP contribution in [0.4, 0.5) is 5.82 Å². The van der Waals surface area contributed by atoms with Crippen molar-refractivity contribution in [1.82, 2.24) is 9.97 Å². The minimum atomic E-state index is 0.746. The monoisotopic (exact) mass is 261 g/mol. The third kappa shape index (κ3) is 2.46. The Hall–Kier alpha value is -1.62. The van der Waals surface area contributed by atoms with E-state index in [4.69, 9.17) is 4.74 Å². The second-order valence-electron chi connectivity index (χ2n) is 4.24. The van der Waals surface area contributed by atoms with Gasteiger partial charge in [-0.1, -0.05) is 6.07 Å². The van der Waals surface area contributed by atoms with Gasteiger partial charge >= 0.3 is 0 Å². The summed E-state index contributed by atoms with van der Waals surface area (Å²) in [5, 5.41) is 5.47. The summed E-state index contributed by atoms with van der Waals surface area (Å²) in [7, 11) is 0. The van der Waals surface area contributed by atoms with Crippen LogP contribution in [0.1, 0.15) is 23.3 Å². The highest BCUT2D eigenvalue weighted by Gasteiger charge is 2.15. The average Bonchev–Trinajstić information content (AvgIpc) is 2.79. The average molecular weight is 261 g/mol. The van der Waals surface area contributed by atoms with Gasteiger partial charge < -0.3 is 10.1 Å². The van der Waals surface area contributed by atoms with E-state index in [0.29, 0.717) is 0 Å². The van der Waals surface area contributed by atoms with Crippen LogP contribution in [-0.2, 0) is 13.0 Å². The van der Waals surface area contributed by atoms with E-state index in [2.05, 4.69) is 32.8 Å². The van der Waals surface area contributed by atoms with Gasteiger partial charge in [-0.3, -0.25) is 0 Å². The van der Waals surface area contributed by atoms with Gasteiger partial charge in [0.2, 0.25) is 5.88 Å². The van der Waals surface area contributed by atoms with E-state index in [1.165, 1.54) is 4.88 Å². The molecule has 0 saturated heterocycles. The van der Waals surface area contributed by atoms with E-state index in [9.17, 15) is 0 Å². The third-order valence-electron chi connectivity index (χ3n) is 2.98. The predicted octanol–water partition coefficient (Wildman–Crippen LogP) is 2.87. The summed E-state index contributed by atoms with van der Waals surface area (Å²) in [6.45, 7) is 1.56. The molecule has 1 aliphatic heterocycles. The van der Waals surface area contributed by atoms with Crippen LogP contribution >= 0.6 is 11.3 Å². The molecule has 5 heteroatoms. The molecule has 1 aliphatic rings. The molecule has 4 nitrogen and oxygen atoms in total. The molecule has 0 spiro atoms. The maximum Gasteiger partial charge on any atom is 0.221 e. The molecule has 2 aromatic rings. The normalized spacial score (nSPS) is 14.4. The number of hydrogen-bond acceptors (Lipinski definition) is 5. The molecule has 0 aromatic carbocycles. The van der Waals surface area contributed by atoms with Crippen LogP contribution in [0.5, 0.6) is 5.88 Å². The zero-order valence-electron chi connectivity index (χ0n) is 10.1. The third-order valence-corrected chi connectivity index (χ3v) is 3.85. The molecule has 1 N–H and O–H groups in total. The molecule has 0 bridgehead atoms. The van der Waals surface area contributed by atoms with Crippen LogP contribution in [0.15, 0.2) is 23.8 Å². The molecule has 0 amide bonds. The maximum atomic E-state index is 5.64. The zero-order valence-corrected chi connectivity index (χ0v) is 10.9. The molecule has 94 valence electrons. The first-order valence-electron chi connectivity index (χ1n) is 6.16. The van der Waals surface area contributed by atoms with Gasteiger partial charge in [-0.25, -0.2) is 9.97 Å². The Morgan fingerprint density at radius 3 is 3.22 bits per heavy atom.